The molecule has 0 spiro atoms. The van der Waals surface area contributed by atoms with Crippen LogP contribution in [0.4, 0.5) is 0 Å². The van der Waals surface area contributed by atoms with Crippen LogP contribution in [-0.4, -0.2) is 14.4 Å². The molecular formula is C24H13N3O. The lowest BCUT2D eigenvalue weighted by molar-refractivity contribution is 0.673. The normalized spacial score (nSPS) is 12.3. The van der Waals surface area contributed by atoms with Crippen LogP contribution in [0.25, 0.3) is 60.4 Å². The van der Waals surface area contributed by atoms with Crippen LogP contribution in [0.15, 0.2) is 83.4 Å². The van der Waals surface area contributed by atoms with Crippen LogP contribution in [0.5, 0.6) is 0 Å². The first kappa shape index (κ1) is 14.2. The highest BCUT2D eigenvalue weighted by Crippen LogP contribution is 2.39. The van der Waals surface area contributed by atoms with E-state index in [0.717, 1.165) is 60.4 Å². The minimum absolute atomic E-state index is 0.875. The number of hydrogen-bond donors (Lipinski definition) is 0. The second-order valence-electron chi connectivity index (χ2n) is 7.09. The molecule has 0 amide bonds. The number of furan rings is 1. The first-order chi connectivity index (χ1) is 13.9. The second kappa shape index (κ2) is 4.87. The van der Waals surface area contributed by atoms with Crippen molar-refractivity contribution in [1.29, 1.82) is 0 Å². The summed E-state index contributed by atoms with van der Waals surface area (Å²) in [6.07, 6.45) is 1.83. The van der Waals surface area contributed by atoms with Crippen LogP contribution >= 0.6 is 0 Å². The Morgan fingerprint density at radius 1 is 0.714 bits per heavy atom. The number of fused-ring (bicyclic) bond motifs is 12. The predicted molar refractivity (Wildman–Crippen MR) is 113 cm³/mol. The monoisotopic (exact) mass is 359 g/mol. The van der Waals surface area contributed by atoms with Gasteiger partial charge in [0, 0.05) is 22.4 Å². The fourth-order valence-corrected chi connectivity index (χ4v) is 4.44. The molecule has 4 heteroatoms. The lowest BCUT2D eigenvalue weighted by Crippen LogP contribution is -1.93. The second-order valence-corrected chi connectivity index (χ2v) is 7.09. The molecule has 0 N–H and O–H groups in total. The average Bonchev–Trinajstić information content (AvgIpc) is 3.32. The van der Waals surface area contributed by atoms with E-state index in [-0.39, 0.29) is 0 Å². The zero-order valence-electron chi connectivity index (χ0n) is 14.8. The van der Waals surface area contributed by atoms with E-state index in [9.17, 15) is 0 Å². The first-order valence-corrected chi connectivity index (χ1v) is 9.28. The SMILES string of the molecule is c1ccc2c(c1)nc1c3ncccc3c3c4oc5ccccc5c4ccc3n21. The Hall–Kier alpha value is -3.92. The van der Waals surface area contributed by atoms with Gasteiger partial charge in [-0.3, -0.25) is 9.38 Å². The Labute approximate surface area is 158 Å². The molecule has 7 aromatic rings. The zero-order valence-corrected chi connectivity index (χ0v) is 14.8. The molecule has 28 heavy (non-hydrogen) atoms. The Bertz CT molecular complexity index is 1720. The quantitative estimate of drug-likeness (QED) is 0.308. The molecule has 0 aliphatic rings. The minimum Gasteiger partial charge on any atom is -0.455 e. The summed E-state index contributed by atoms with van der Waals surface area (Å²) in [5, 5.41) is 4.39. The maximum atomic E-state index is 6.35. The molecule has 0 atom stereocenters. The van der Waals surface area contributed by atoms with Crippen LogP contribution in [0.2, 0.25) is 0 Å². The van der Waals surface area contributed by atoms with Crippen LogP contribution in [0, 0.1) is 0 Å². The van der Waals surface area contributed by atoms with Crippen molar-refractivity contribution < 1.29 is 4.42 Å². The van der Waals surface area contributed by atoms with Gasteiger partial charge in [0.2, 0.25) is 0 Å². The smallest absolute Gasteiger partial charge is 0.165 e. The number of benzene rings is 3. The molecule has 3 aromatic carbocycles. The molecule has 0 fully saturated rings. The number of nitrogens with zero attached hydrogens (tertiary/aromatic N) is 3. The summed E-state index contributed by atoms with van der Waals surface area (Å²) in [5.41, 5.74) is 6.68. The van der Waals surface area contributed by atoms with Gasteiger partial charge in [-0.2, -0.15) is 0 Å². The van der Waals surface area contributed by atoms with Gasteiger partial charge in [0.1, 0.15) is 16.7 Å². The van der Waals surface area contributed by atoms with Crippen molar-refractivity contribution in [2.45, 2.75) is 0 Å². The summed E-state index contributed by atoms with van der Waals surface area (Å²) < 4.78 is 8.55. The molecule has 0 saturated heterocycles. The summed E-state index contributed by atoms with van der Waals surface area (Å²) >= 11 is 0. The predicted octanol–water partition coefficient (Wildman–Crippen LogP) is 6.09. The number of hydrogen-bond acceptors (Lipinski definition) is 3. The van der Waals surface area contributed by atoms with E-state index in [1.54, 1.807) is 0 Å². The van der Waals surface area contributed by atoms with E-state index in [4.69, 9.17) is 14.4 Å². The van der Waals surface area contributed by atoms with E-state index in [2.05, 4.69) is 34.7 Å². The maximum absolute atomic E-state index is 6.35. The third kappa shape index (κ3) is 1.61. The van der Waals surface area contributed by atoms with Crippen molar-refractivity contribution in [1.82, 2.24) is 14.4 Å². The lowest BCUT2D eigenvalue weighted by Gasteiger charge is -2.08. The molecule has 130 valence electrons. The largest absolute Gasteiger partial charge is 0.455 e. The van der Waals surface area contributed by atoms with Crippen molar-refractivity contribution in [3.05, 3.63) is 79.0 Å². The molecule has 0 radical (unpaired) electrons. The molecular weight excluding hydrogens is 346 g/mol. The van der Waals surface area contributed by atoms with Crippen LogP contribution in [-0.2, 0) is 0 Å². The molecule has 0 bridgehead atoms. The van der Waals surface area contributed by atoms with E-state index in [1.807, 2.05) is 48.7 Å². The molecule has 4 nitrogen and oxygen atoms in total. The van der Waals surface area contributed by atoms with Crippen molar-refractivity contribution in [3.8, 4) is 0 Å². The Morgan fingerprint density at radius 3 is 2.57 bits per heavy atom. The van der Waals surface area contributed by atoms with E-state index in [0.29, 0.717) is 0 Å². The third-order valence-corrected chi connectivity index (χ3v) is 5.62. The van der Waals surface area contributed by atoms with Gasteiger partial charge in [-0.1, -0.05) is 36.4 Å². The van der Waals surface area contributed by atoms with Gasteiger partial charge >= 0.3 is 0 Å². The topological polar surface area (TPSA) is 43.3 Å². The minimum atomic E-state index is 0.875. The number of rotatable bonds is 0. The van der Waals surface area contributed by atoms with Gasteiger partial charge in [-0.05, 0) is 36.4 Å². The summed E-state index contributed by atoms with van der Waals surface area (Å²) in [5.74, 6) is 0. The summed E-state index contributed by atoms with van der Waals surface area (Å²) in [4.78, 5) is 9.58. The molecule has 7 rings (SSSR count). The van der Waals surface area contributed by atoms with Gasteiger partial charge in [0.05, 0.1) is 21.9 Å². The Balaban J connectivity index is 1.88. The van der Waals surface area contributed by atoms with Crippen molar-refractivity contribution in [2.75, 3.05) is 0 Å². The number of aromatic nitrogens is 3. The third-order valence-electron chi connectivity index (χ3n) is 5.62. The fraction of sp³-hybridized carbons (Fsp3) is 0. The van der Waals surface area contributed by atoms with Crippen LogP contribution in [0.1, 0.15) is 0 Å². The van der Waals surface area contributed by atoms with Gasteiger partial charge in [0.25, 0.3) is 0 Å². The van der Waals surface area contributed by atoms with E-state index in [1.165, 1.54) is 0 Å². The average molecular weight is 359 g/mol. The maximum Gasteiger partial charge on any atom is 0.165 e. The zero-order chi connectivity index (χ0) is 18.2. The van der Waals surface area contributed by atoms with Crippen LogP contribution < -0.4 is 0 Å². The summed E-state index contributed by atoms with van der Waals surface area (Å²) in [7, 11) is 0. The number of para-hydroxylation sites is 3. The van der Waals surface area contributed by atoms with Gasteiger partial charge in [-0.25, -0.2) is 4.98 Å². The lowest BCUT2D eigenvalue weighted by atomic mass is 10.1. The Morgan fingerprint density at radius 2 is 1.57 bits per heavy atom. The van der Waals surface area contributed by atoms with Crippen LogP contribution in [0.3, 0.4) is 0 Å². The van der Waals surface area contributed by atoms with Gasteiger partial charge in [-0.15, -0.1) is 0 Å². The molecule has 4 heterocycles. The number of pyridine rings is 2. The highest BCUT2D eigenvalue weighted by molar-refractivity contribution is 6.24. The van der Waals surface area contributed by atoms with Crippen molar-refractivity contribution in [3.63, 3.8) is 0 Å². The molecule has 0 aliphatic carbocycles. The standard InChI is InChI=1S/C24H13N3O/c1-4-10-20-14(6-1)15-11-12-19-21(23(15)28-20)16-7-5-13-25-22(16)24-26-17-8-2-3-9-18(17)27(19)24/h1-13H. The van der Waals surface area contributed by atoms with Crippen molar-refractivity contribution >= 4 is 60.4 Å². The van der Waals surface area contributed by atoms with E-state index >= 15 is 0 Å². The Kier molecular flexibility index (Phi) is 2.46. The van der Waals surface area contributed by atoms with Crippen molar-refractivity contribution in [2.24, 2.45) is 0 Å². The molecule has 0 saturated carbocycles. The fourth-order valence-electron chi connectivity index (χ4n) is 4.44. The van der Waals surface area contributed by atoms with Gasteiger partial charge in [0.15, 0.2) is 5.65 Å². The van der Waals surface area contributed by atoms with E-state index < -0.39 is 0 Å². The van der Waals surface area contributed by atoms with Gasteiger partial charge < -0.3 is 4.42 Å². The highest BCUT2D eigenvalue weighted by atomic mass is 16.3. The summed E-state index contributed by atoms with van der Waals surface area (Å²) in [6.45, 7) is 0. The highest BCUT2D eigenvalue weighted by Gasteiger charge is 2.18. The summed E-state index contributed by atoms with van der Waals surface area (Å²) in [6, 6.07) is 24.8. The number of imidazole rings is 1. The molecule has 0 unspecified atom stereocenters. The molecule has 4 aromatic heterocycles. The first-order valence-electron chi connectivity index (χ1n) is 9.28. The molecule has 0 aliphatic heterocycles.